The molecule has 0 bridgehead atoms. The Balaban J connectivity index is 1.36. The van der Waals surface area contributed by atoms with Crippen LogP contribution < -0.4 is 14.9 Å². The Hall–Kier alpha value is -3.60. The molecule has 2 aliphatic rings. The Morgan fingerprint density at radius 3 is 2.16 bits per heavy atom. The molecule has 5 heteroatoms. The van der Waals surface area contributed by atoms with Gasteiger partial charge in [0.15, 0.2) is 11.5 Å². The second kappa shape index (κ2) is 7.91. The summed E-state index contributed by atoms with van der Waals surface area (Å²) in [6.07, 6.45) is 0.769. The lowest BCUT2D eigenvalue weighted by molar-refractivity contribution is -0.122. The van der Waals surface area contributed by atoms with Crippen molar-refractivity contribution in [3.63, 3.8) is 0 Å². The third-order valence-corrected chi connectivity index (χ3v) is 6.15. The second-order valence-corrected chi connectivity index (χ2v) is 7.99. The first kappa shape index (κ1) is 19.4. The first-order chi connectivity index (χ1) is 15.2. The van der Waals surface area contributed by atoms with Crippen molar-refractivity contribution in [2.75, 3.05) is 13.2 Å². The molecule has 1 unspecified atom stereocenters. The van der Waals surface area contributed by atoms with Crippen molar-refractivity contribution in [1.82, 2.24) is 5.43 Å². The largest absolute Gasteiger partial charge is 0.486 e. The van der Waals surface area contributed by atoms with Crippen LogP contribution >= 0.6 is 0 Å². The van der Waals surface area contributed by atoms with Crippen molar-refractivity contribution >= 4 is 11.6 Å². The van der Waals surface area contributed by atoms with Crippen molar-refractivity contribution in [1.29, 1.82) is 0 Å². The van der Waals surface area contributed by atoms with Gasteiger partial charge in [0.2, 0.25) is 5.91 Å². The standard InChI is InChI=1S/C26H24N2O3/c1-18(19-12-13-23-24(16-19)31-15-14-30-23)27-28-25(29)22-17-26(22,20-8-4-2-5-9-20)21-10-6-3-7-11-21/h2-13,16,22H,14-15,17H2,1H3,(H,28,29). The Bertz CT molecular complexity index is 1090. The van der Waals surface area contributed by atoms with E-state index in [2.05, 4.69) is 34.8 Å². The Morgan fingerprint density at radius 2 is 1.52 bits per heavy atom. The van der Waals surface area contributed by atoms with Gasteiger partial charge in [0.25, 0.3) is 0 Å². The van der Waals surface area contributed by atoms with Crippen LogP contribution in [0.25, 0.3) is 0 Å². The van der Waals surface area contributed by atoms with E-state index < -0.39 is 0 Å². The molecule has 1 aliphatic carbocycles. The predicted octanol–water partition coefficient (Wildman–Crippen LogP) is 4.30. The lowest BCUT2D eigenvalue weighted by Crippen LogP contribution is -2.26. The number of rotatable bonds is 5. The maximum atomic E-state index is 13.1. The highest BCUT2D eigenvalue weighted by Crippen LogP contribution is 2.58. The van der Waals surface area contributed by atoms with E-state index in [4.69, 9.17) is 9.47 Å². The summed E-state index contributed by atoms with van der Waals surface area (Å²) in [5.41, 5.74) is 6.42. The molecule has 1 atom stereocenters. The van der Waals surface area contributed by atoms with Gasteiger partial charge in [-0.15, -0.1) is 0 Å². The van der Waals surface area contributed by atoms with E-state index in [1.165, 1.54) is 0 Å². The highest BCUT2D eigenvalue weighted by molar-refractivity contribution is 6.00. The van der Waals surface area contributed by atoms with Gasteiger partial charge in [0.05, 0.1) is 11.6 Å². The smallest absolute Gasteiger partial charge is 0.244 e. The van der Waals surface area contributed by atoms with Crippen LogP contribution in [0.1, 0.15) is 30.0 Å². The second-order valence-electron chi connectivity index (χ2n) is 7.99. The zero-order chi connectivity index (χ0) is 21.3. The molecular formula is C26H24N2O3. The van der Waals surface area contributed by atoms with Crippen LogP contribution in [0.2, 0.25) is 0 Å². The third kappa shape index (κ3) is 3.56. The van der Waals surface area contributed by atoms with Crippen LogP contribution in [0.4, 0.5) is 0 Å². The zero-order valence-corrected chi connectivity index (χ0v) is 17.4. The lowest BCUT2D eigenvalue weighted by Gasteiger charge is -2.19. The first-order valence-electron chi connectivity index (χ1n) is 10.5. The molecule has 0 radical (unpaired) electrons. The van der Waals surface area contributed by atoms with E-state index in [9.17, 15) is 4.79 Å². The summed E-state index contributed by atoms with van der Waals surface area (Å²) in [6.45, 7) is 2.97. The molecule has 3 aromatic carbocycles. The van der Waals surface area contributed by atoms with Crippen molar-refractivity contribution in [3.8, 4) is 11.5 Å². The number of nitrogens with zero attached hydrogens (tertiary/aromatic N) is 1. The molecule has 156 valence electrons. The fraction of sp³-hybridized carbons (Fsp3) is 0.231. The van der Waals surface area contributed by atoms with Crippen LogP contribution in [-0.2, 0) is 10.2 Å². The van der Waals surface area contributed by atoms with Gasteiger partial charge in [-0.2, -0.15) is 5.10 Å². The highest BCUT2D eigenvalue weighted by Gasteiger charge is 2.60. The molecule has 0 aromatic heterocycles. The molecule has 1 heterocycles. The maximum Gasteiger partial charge on any atom is 0.244 e. The maximum absolute atomic E-state index is 13.1. The van der Waals surface area contributed by atoms with Crippen LogP contribution in [0.5, 0.6) is 11.5 Å². The van der Waals surface area contributed by atoms with Gasteiger partial charge in [-0.25, -0.2) is 5.43 Å². The Kier molecular flexibility index (Phi) is 4.94. The first-order valence-corrected chi connectivity index (χ1v) is 10.5. The van der Waals surface area contributed by atoms with E-state index in [0.29, 0.717) is 19.0 Å². The van der Waals surface area contributed by atoms with Crippen LogP contribution in [-0.4, -0.2) is 24.8 Å². The summed E-state index contributed by atoms with van der Waals surface area (Å²) in [6, 6.07) is 26.2. The molecule has 1 N–H and O–H groups in total. The molecule has 0 spiro atoms. The van der Waals surface area contributed by atoms with Gasteiger partial charge in [-0.1, -0.05) is 60.7 Å². The lowest BCUT2D eigenvalue weighted by atomic mass is 9.85. The normalized spacial score (nSPS) is 18.9. The highest BCUT2D eigenvalue weighted by atomic mass is 16.6. The van der Waals surface area contributed by atoms with Gasteiger partial charge in [0, 0.05) is 11.0 Å². The number of carbonyl (C=O) groups excluding carboxylic acids is 1. The van der Waals surface area contributed by atoms with E-state index in [1.807, 2.05) is 61.5 Å². The number of ether oxygens (including phenoxy) is 2. The number of nitrogens with one attached hydrogen (secondary N) is 1. The molecule has 5 nitrogen and oxygen atoms in total. The van der Waals surface area contributed by atoms with Crippen molar-refractivity contribution < 1.29 is 14.3 Å². The predicted molar refractivity (Wildman–Crippen MR) is 120 cm³/mol. The minimum atomic E-state index is -0.299. The molecule has 0 saturated heterocycles. The zero-order valence-electron chi connectivity index (χ0n) is 17.4. The van der Waals surface area contributed by atoms with Gasteiger partial charge in [-0.3, -0.25) is 4.79 Å². The molecule has 1 fully saturated rings. The molecule has 1 amide bonds. The van der Waals surface area contributed by atoms with Crippen LogP contribution in [0, 0.1) is 5.92 Å². The SMILES string of the molecule is CC(=NNC(=O)C1CC1(c1ccccc1)c1ccccc1)c1ccc2c(c1)OCCO2. The van der Waals surface area contributed by atoms with E-state index in [0.717, 1.165) is 34.6 Å². The monoisotopic (exact) mass is 412 g/mol. The average molecular weight is 412 g/mol. The van der Waals surface area contributed by atoms with E-state index >= 15 is 0 Å². The number of amides is 1. The molecular weight excluding hydrogens is 388 g/mol. The minimum absolute atomic E-state index is 0.0652. The fourth-order valence-corrected chi connectivity index (χ4v) is 4.41. The fourth-order valence-electron chi connectivity index (χ4n) is 4.41. The minimum Gasteiger partial charge on any atom is -0.486 e. The quantitative estimate of drug-likeness (QED) is 0.502. The Morgan fingerprint density at radius 1 is 0.903 bits per heavy atom. The molecule has 1 aliphatic heterocycles. The number of fused-ring (bicyclic) bond motifs is 1. The number of benzene rings is 3. The van der Waals surface area contributed by atoms with Gasteiger partial charge >= 0.3 is 0 Å². The van der Waals surface area contributed by atoms with E-state index in [-0.39, 0.29) is 17.2 Å². The summed E-state index contributed by atoms with van der Waals surface area (Å²) < 4.78 is 11.2. The number of hydrazone groups is 1. The van der Waals surface area contributed by atoms with Crippen molar-refractivity contribution in [2.45, 2.75) is 18.8 Å². The molecule has 31 heavy (non-hydrogen) atoms. The summed E-state index contributed by atoms with van der Waals surface area (Å²) >= 11 is 0. The van der Waals surface area contributed by atoms with Gasteiger partial charge in [-0.05, 0) is 42.7 Å². The molecule has 1 saturated carbocycles. The average Bonchev–Trinajstić information content (AvgIpc) is 3.60. The summed E-state index contributed by atoms with van der Waals surface area (Å²) in [5, 5.41) is 4.38. The number of carbonyl (C=O) groups is 1. The van der Waals surface area contributed by atoms with Crippen molar-refractivity contribution in [2.24, 2.45) is 11.0 Å². The summed E-state index contributed by atoms with van der Waals surface area (Å²) in [5.74, 6) is 1.22. The molecule has 3 aromatic rings. The third-order valence-electron chi connectivity index (χ3n) is 6.15. The number of hydrogen-bond acceptors (Lipinski definition) is 4. The number of hydrogen-bond donors (Lipinski definition) is 1. The van der Waals surface area contributed by atoms with E-state index in [1.54, 1.807) is 0 Å². The van der Waals surface area contributed by atoms with Gasteiger partial charge in [0.1, 0.15) is 13.2 Å². The van der Waals surface area contributed by atoms with Crippen molar-refractivity contribution in [3.05, 3.63) is 95.6 Å². The topological polar surface area (TPSA) is 59.9 Å². The molecule has 5 rings (SSSR count). The van der Waals surface area contributed by atoms with Crippen LogP contribution in [0.15, 0.2) is 84.0 Å². The Labute approximate surface area is 181 Å². The summed E-state index contributed by atoms with van der Waals surface area (Å²) in [7, 11) is 0. The summed E-state index contributed by atoms with van der Waals surface area (Å²) in [4.78, 5) is 13.1. The van der Waals surface area contributed by atoms with Gasteiger partial charge < -0.3 is 9.47 Å². The van der Waals surface area contributed by atoms with Crippen LogP contribution in [0.3, 0.4) is 0 Å².